The molecule has 0 N–H and O–H groups in total. The molecule has 2 rings (SSSR count). The van der Waals surface area contributed by atoms with Gasteiger partial charge in [-0.15, -0.1) is 6.58 Å². The van der Waals surface area contributed by atoms with E-state index in [2.05, 4.69) is 25.6 Å². The molecule has 1 aromatic carbocycles. The maximum atomic E-state index is 9.01. The van der Waals surface area contributed by atoms with Crippen molar-refractivity contribution in [1.29, 1.82) is 5.26 Å². The zero-order chi connectivity index (χ0) is 10.8. The normalized spacial score (nSPS) is 16.8. The lowest BCUT2D eigenvalue weighted by Crippen LogP contribution is -1.94. The fourth-order valence-electron chi connectivity index (χ4n) is 1.83. The van der Waals surface area contributed by atoms with Gasteiger partial charge < -0.3 is 0 Å². The fraction of sp³-hybridized carbons (Fsp3) is 0.357. The van der Waals surface area contributed by atoms with Crippen molar-refractivity contribution in [3.63, 3.8) is 0 Å². The number of nitriles is 1. The predicted octanol–water partition coefficient (Wildman–Crippen LogP) is 3.73. The summed E-state index contributed by atoms with van der Waals surface area (Å²) in [6, 6.07) is 8.44. The molecule has 15 heavy (non-hydrogen) atoms. The van der Waals surface area contributed by atoms with Crippen LogP contribution in [-0.4, -0.2) is 0 Å². The third kappa shape index (κ3) is 1.94. The van der Waals surface area contributed by atoms with Crippen molar-refractivity contribution in [1.82, 2.24) is 0 Å². The Morgan fingerprint density at radius 3 is 2.80 bits per heavy atom. The van der Waals surface area contributed by atoms with E-state index in [4.69, 9.17) is 5.26 Å². The van der Waals surface area contributed by atoms with Crippen molar-refractivity contribution < 1.29 is 0 Å². The van der Waals surface area contributed by atoms with Crippen LogP contribution in [0.4, 0.5) is 0 Å². The summed E-state index contributed by atoms with van der Waals surface area (Å²) in [5.74, 6) is 1.01. The highest BCUT2D eigenvalue weighted by Crippen LogP contribution is 2.42. The zero-order valence-corrected chi connectivity index (χ0v) is 9.03. The minimum absolute atomic E-state index is 0.371. The molecule has 0 spiro atoms. The first-order valence-corrected chi connectivity index (χ1v) is 5.42. The number of hydrogen-bond donors (Lipinski definition) is 0. The lowest BCUT2D eigenvalue weighted by Gasteiger charge is -2.09. The first kappa shape index (κ1) is 9.98. The summed E-state index contributed by atoms with van der Waals surface area (Å²) in [5.41, 5.74) is 3.35. The van der Waals surface area contributed by atoms with Crippen LogP contribution in [0, 0.1) is 11.3 Å². The van der Waals surface area contributed by atoms with Crippen LogP contribution in [0.2, 0.25) is 0 Å². The van der Waals surface area contributed by atoms with E-state index in [1.807, 2.05) is 18.2 Å². The molecule has 0 radical (unpaired) electrons. The van der Waals surface area contributed by atoms with Crippen molar-refractivity contribution in [3.05, 3.63) is 47.5 Å². The summed E-state index contributed by atoms with van der Waals surface area (Å²) in [6.07, 6.45) is 4.42. The topological polar surface area (TPSA) is 23.8 Å². The number of hydrogen-bond acceptors (Lipinski definition) is 1. The number of benzene rings is 1. The van der Waals surface area contributed by atoms with E-state index in [1.54, 1.807) is 0 Å². The van der Waals surface area contributed by atoms with Gasteiger partial charge in [0.05, 0.1) is 11.6 Å². The molecular weight excluding hydrogens is 182 g/mol. The quantitative estimate of drug-likeness (QED) is 0.677. The molecule has 0 heterocycles. The number of rotatable bonds is 3. The Balaban J connectivity index is 2.41. The van der Waals surface area contributed by atoms with Gasteiger partial charge in [0.2, 0.25) is 0 Å². The van der Waals surface area contributed by atoms with Gasteiger partial charge >= 0.3 is 0 Å². The minimum Gasteiger partial charge on any atom is -0.192 e. The lowest BCUT2D eigenvalue weighted by molar-refractivity contribution is 0.958. The molecule has 1 aliphatic carbocycles. The van der Waals surface area contributed by atoms with E-state index in [1.165, 1.54) is 24.0 Å². The van der Waals surface area contributed by atoms with Gasteiger partial charge in [-0.25, -0.2) is 0 Å². The highest BCUT2D eigenvalue weighted by Gasteiger charge is 2.26. The van der Waals surface area contributed by atoms with Gasteiger partial charge in [-0.1, -0.05) is 25.1 Å². The van der Waals surface area contributed by atoms with Crippen LogP contribution in [0.3, 0.4) is 0 Å². The minimum atomic E-state index is 0.371. The molecule has 1 unspecified atom stereocenters. The SMILES string of the molecule is C=CC(C)c1ccc(C#N)c(C2CC2)c1. The molecule has 1 aliphatic rings. The fourth-order valence-corrected chi connectivity index (χ4v) is 1.83. The highest BCUT2D eigenvalue weighted by atomic mass is 14.3. The van der Waals surface area contributed by atoms with E-state index in [0.717, 1.165) is 5.56 Å². The van der Waals surface area contributed by atoms with E-state index >= 15 is 0 Å². The molecule has 0 saturated heterocycles. The van der Waals surface area contributed by atoms with Gasteiger partial charge in [-0.2, -0.15) is 5.26 Å². The second kappa shape index (κ2) is 3.90. The standard InChI is InChI=1S/C14H15N/c1-3-10(2)12-6-7-13(9-15)14(8-12)11-4-5-11/h3,6-8,10-11H,1,4-5H2,2H3. The third-order valence-electron chi connectivity index (χ3n) is 3.09. The van der Waals surface area contributed by atoms with Crippen molar-refractivity contribution in [2.45, 2.75) is 31.6 Å². The summed E-state index contributed by atoms with van der Waals surface area (Å²) in [6.45, 7) is 5.93. The smallest absolute Gasteiger partial charge is 0.0994 e. The Morgan fingerprint density at radius 1 is 1.53 bits per heavy atom. The average Bonchev–Trinajstić information content (AvgIpc) is 3.11. The van der Waals surface area contributed by atoms with Gasteiger partial charge in [-0.3, -0.25) is 0 Å². The molecule has 1 aromatic rings. The summed E-state index contributed by atoms with van der Waals surface area (Å²) in [5, 5.41) is 9.01. The molecule has 0 bridgehead atoms. The van der Waals surface area contributed by atoms with E-state index < -0.39 is 0 Å². The number of nitrogens with zero attached hydrogens (tertiary/aromatic N) is 1. The van der Waals surface area contributed by atoms with Crippen LogP contribution < -0.4 is 0 Å². The molecule has 1 heteroatoms. The van der Waals surface area contributed by atoms with Crippen LogP contribution in [0.1, 0.15) is 48.3 Å². The maximum absolute atomic E-state index is 9.01. The van der Waals surface area contributed by atoms with E-state index in [0.29, 0.717) is 11.8 Å². The molecule has 0 amide bonds. The largest absolute Gasteiger partial charge is 0.192 e. The van der Waals surface area contributed by atoms with Gasteiger partial charge in [0.25, 0.3) is 0 Å². The first-order chi connectivity index (χ1) is 7.26. The summed E-state index contributed by atoms with van der Waals surface area (Å²) >= 11 is 0. The summed E-state index contributed by atoms with van der Waals surface area (Å²) < 4.78 is 0. The predicted molar refractivity (Wildman–Crippen MR) is 61.7 cm³/mol. The van der Waals surface area contributed by atoms with Crippen LogP contribution in [0.25, 0.3) is 0 Å². The van der Waals surface area contributed by atoms with Gasteiger partial charge in [0.15, 0.2) is 0 Å². The Bertz CT molecular complexity index is 421. The number of allylic oxidation sites excluding steroid dienone is 1. The summed E-state index contributed by atoms with van der Waals surface area (Å²) in [4.78, 5) is 0. The van der Waals surface area contributed by atoms with Crippen molar-refractivity contribution in [2.24, 2.45) is 0 Å². The second-order valence-electron chi connectivity index (χ2n) is 4.26. The van der Waals surface area contributed by atoms with Gasteiger partial charge in [0, 0.05) is 0 Å². The van der Waals surface area contributed by atoms with Crippen LogP contribution in [0.5, 0.6) is 0 Å². The molecule has 0 aliphatic heterocycles. The summed E-state index contributed by atoms with van der Waals surface area (Å²) in [7, 11) is 0. The third-order valence-corrected chi connectivity index (χ3v) is 3.09. The Morgan fingerprint density at radius 2 is 2.27 bits per heavy atom. The molecule has 1 nitrogen and oxygen atoms in total. The molecule has 1 saturated carbocycles. The molecular formula is C14H15N. The Labute approximate surface area is 91.0 Å². The van der Waals surface area contributed by atoms with E-state index in [9.17, 15) is 0 Å². The first-order valence-electron chi connectivity index (χ1n) is 5.42. The molecule has 76 valence electrons. The van der Waals surface area contributed by atoms with Gasteiger partial charge in [-0.05, 0) is 41.9 Å². The van der Waals surface area contributed by atoms with E-state index in [-0.39, 0.29) is 0 Å². The Hall–Kier alpha value is -1.55. The lowest BCUT2D eigenvalue weighted by atomic mass is 9.94. The second-order valence-corrected chi connectivity index (χ2v) is 4.26. The van der Waals surface area contributed by atoms with Gasteiger partial charge in [0.1, 0.15) is 0 Å². The monoisotopic (exact) mass is 197 g/mol. The zero-order valence-electron chi connectivity index (χ0n) is 9.03. The van der Waals surface area contributed by atoms with Crippen LogP contribution in [-0.2, 0) is 0 Å². The molecule has 1 fully saturated rings. The maximum Gasteiger partial charge on any atom is 0.0994 e. The Kier molecular flexibility index (Phi) is 2.60. The average molecular weight is 197 g/mol. The molecule has 0 aromatic heterocycles. The van der Waals surface area contributed by atoms with Crippen LogP contribution >= 0.6 is 0 Å². The van der Waals surface area contributed by atoms with Crippen molar-refractivity contribution in [2.75, 3.05) is 0 Å². The highest BCUT2D eigenvalue weighted by molar-refractivity contribution is 5.45. The van der Waals surface area contributed by atoms with Crippen LogP contribution in [0.15, 0.2) is 30.9 Å². The van der Waals surface area contributed by atoms with Crippen molar-refractivity contribution >= 4 is 0 Å². The molecule has 1 atom stereocenters. The van der Waals surface area contributed by atoms with Crippen molar-refractivity contribution in [3.8, 4) is 6.07 Å².